The fourth-order valence-electron chi connectivity index (χ4n) is 8.06. The molecule has 0 saturated carbocycles. The highest BCUT2D eigenvalue weighted by molar-refractivity contribution is 5.92. The van der Waals surface area contributed by atoms with Crippen molar-refractivity contribution in [1.82, 2.24) is 9.80 Å². The Morgan fingerprint density at radius 1 is 0.636 bits per heavy atom. The molecule has 2 atom stereocenters. The summed E-state index contributed by atoms with van der Waals surface area (Å²) >= 11 is 0. The first-order valence-corrected chi connectivity index (χ1v) is 18.6. The van der Waals surface area contributed by atoms with Crippen molar-refractivity contribution in [2.75, 3.05) is 55.6 Å². The summed E-state index contributed by atoms with van der Waals surface area (Å²) in [4.78, 5) is 18.6. The number of rotatable bonds is 6. The summed E-state index contributed by atoms with van der Waals surface area (Å²) in [6.07, 6.45) is 2.99. The predicted molar refractivity (Wildman–Crippen MR) is 209 cm³/mol. The number of hydrogen-bond donors (Lipinski definition) is 0. The number of carbonyl (C=O) groups excluding carboxylic acids is 1. The summed E-state index contributed by atoms with van der Waals surface area (Å²) in [5.41, 5.74) is 6.91. The second-order valence-electron chi connectivity index (χ2n) is 14.4. The summed E-state index contributed by atoms with van der Waals surface area (Å²) in [5, 5.41) is 0. The van der Waals surface area contributed by atoms with E-state index in [0.717, 1.165) is 60.4 Å². The Morgan fingerprint density at radius 3 is 1.98 bits per heavy atom. The molecule has 6 bridgehead atoms. The van der Waals surface area contributed by atoms with Crippen LogP contribution in [0.2, 0.25) is 0 Å². The van der Waals surface area contributed by atoms with Crippen molar-refractivity contribution in [2.45, 2.75) is 37.8 Å². The van der Waals surface area contributed by atoms with Gasteiger partial charge in [0.1, 0.15) is 11.5 Å². The van der Waals surface area contributed by atoms with Crippen LogP contribution < -0.4 is 33.2 Å². The van der Waals surface area contributed by atoms with Crippen molar-refractivity contribution in [2.24, 2.45) is 0 Å². The van der Waals surface area contributed by atoms with Crippen molar-refractivity contribution >= 4 is 5.97 Å². The van der Waals surface area contributed by atoms with Crippen LogP contribution in [0.3, 0.4) is 0 Å². The maximum absolute atomic E-state index is 13.9. The minimum Gasteiger partial charge on any atom is -0.497 e. The van der Waals surface area contributed by atoms with Crippen LogP contribution in [0, 0.1) is 0 Å². The summed E-state index contributed by atoms with van der Waals surface area (Å²) in [6.45, 7) is 1.70. The molecule has 0 aromatic heterocycles. The maximum Gasteiger partial charge on any atom is 0.343 e. The van der Waals surface area contributed by atoms with Gasteiger partial charge in [0.15, 0.2) is 34.5 Å². The normalized spacial score (nSPS) is 17.8. The molecule has 4 aliphatic heterocycles. The van der Waals surface area contributed by atoms with Crippen molar-refractivity contribution in [3.05, 3.63) is 124 Å². The molecular formula is C45H46N2O8. The van der Waals surface area contributed by atoms with Crippen LogP contribution in [0.25, 0.3) is 0 Å². The number of benzene rings is 5. The van der Waals surface area contributed by atoms with Crippen molar-refractivity contribution in [3.63, 3.8) is 0 Å². The van der Waals surface area contributed by atoms with Crippen LogP contribution in [0.1, 0.15) is 55.8 Å². The van der Waals surface area contributed by atoms with E-state index in [9.17, 15) is 4.79 Å². The van der Waals surface area contributed by atoms with Gasteiger partial charge in [0, 0.05) is 30.7 Å². The first-order valence-electron chi connectivity index (χ1n) is 18.6. The first-order chi connectivity index (χ1) is 26.8. The Balaban J connectivity index is 1.35. The zero-order valence-corrected chi connectivity index (χ0v) is 32.1. The number of hydrogen-bond acceptors (Lipinski definition) is 10. The highest BCUT2D eigenvalue weighted by atomic mass is 16.6. The van der Waals surface area contributed by atoms with Gasteiger partial charge in [0.05, 0.1) is 34.0 Å². The Hall–Kier alpha value is -5.71. The average Bonchev–Trinajstić information content (AvgIpc) is 3.21. The summed E-state index contributed by atoms with van der Waals surface area (Å²) < 4.78 is 43.1. The zero-order valence-electron chi connectivity index (χ0n) is 32.1. The molecule has 10 nitrogen and oxygen atoms in total. The minimum absolute atomic E-state index is 0.0740. The van der Waals surface area contributed by atoms with Gasteiger partial charge < -0.3 is 33.2 Å². The maximum atomic E-state index is 13.9. The molecule has 0 aliphatic carbocycles. The minimum atomic E-state index is -0.553. The third-order valence-electron chi connectivity index (χ3n) is 11.2. The van der Waals surface area contributed by atoms with E-state index in [1.165, 1.54) is 11.1 Å². The van der Waals surface area contributed by atoms with Gasteiger partial charge in [-0.1, -0.05) is 18.2 Å². The molecule has 0 amide bonds. The van der Waals surface area contributed by atoms with E-state index in [4.69, 9.17) is 33.2 Å². The molecule has 0 saturated heterocycles. The Bertz CT molecular complexity index is 2220. The van der Waals surface area contributed by atoms with Crippen molar-refractivity contribution in [1.29, 1.82) is 0 Å². The lowest BCUT2D eigenvalue weighted by Crippen LogP contribution is -2.34. The zero-order chi connectivity index (χ0) is 38.2. The number of ether oxygens (including phenoxy) is 7. The van der Waals surface area contributed by atoms with Crippen LogP contribution >= 0.6 is 0 Å². The molecule has 0 spiro atoms. The van der Waals surface area contributed by atoms with Gasteiger partial charge >= 0.3 is 5.97 Å². The van der Waals surface area contributed by atoms with Gasteiger partial charge in [-0.05, 0) is 134 Å². The highest BCUT2D eigenvalue weighted by Gasteiger charge is 2.36. The van der Waals surface area contributed by atoms with Crippen LogP contribution in [0.5, 0.6) is 51.7 Å². The van der Waals surface area contributed by atoms with Crippen molar-refractivity contribution < 1.29 is 38.0 Å². The molecule has 55 heavy (non-hydrogen) atoms. The second kappa shape index (κ2) is 15.2. The van der Waals surface area contributed by atoms with E-state index < -0.39 is 5.97 Å². The van der Waals surface area contributed by atoms with E-state index in [1.807, 2.05) is 30.3 Å². The third-order valence-corrected chi connectivity index (χ3v) is 11.2. The summed E-state index contributed by atoms with van der Waals surface area (Å²) in [7, 11) is 10.8. The Kier molecular flexibility index (Phi) is 10.0. The predicted octanol–water partition coefficient (Wildman–Crippen LogP) is 8.38. The van der Waals surface area contributed by atoms with Gasteiger partial charge in [-0.15, -0.1) is 0 Å². The average molecular weight is 743 g/mol. The molecule has 10 heteroatoms. The number of methoxy groups -OCH3 is 4. The van der Waals surface area contributed by atoms with Crippen LogP contribution in [0.4, 0.5) is 0 Å². The summed E-state index contributed by atoms with van der Waals surface area (Å²) in [6, 6.07) is 27.2. The molecular weight excluding hydrogens is 697 g/mol. The van der Waals surface area contributed by atoms with Gasteiger partial charge in [0.2, 0.25) is 5.75 Å². The quantitative estimate of drug-likeness (QED) is 0.125. The fourth-order valence-corrected chi connectivity index (χ4v) is 8.06. The Morgan fingerprint density at radius 2 is 1.27 bits per heavy atom. The largest absolute Gasteiger partial charge is 0.497 e. The van der Waals surface area contributed by atoms with E-state index in [1.54, 1.807) is 52.7 Å². The lowest BCUT2D eigenvalue weighted by atomic mass is 9.87. The molecule has 5 aromatic rings. The smallest absolute Gasteiger partial charge is 0.343 e. The SMILES string of the molecule is COc1ccc(C(=O)Oc2c(OC)cc3c4c2Oc2cc5c(cc2OC)CCN(C)[C@H]5Cc2ccc(cc2)Oc2cc(ccc2OC)C[C@@H]4N(C)CC3)cc1. The Labute approximate surface area is 322 Å². The van der Waals surface area contributed by atoms with Crippen LogP contribution in [-0.4, -0.2) is 71.4 Å². The van der Waals surface area contributed by atoms with Gasteiger partial charge in [-0.25, -0.2) is 4.79 Å². The molecule has 0 N–H and O–H groups in total. The highest BCUT2D eigenvalue weighted by Crippen LogP contribution is 2.52. The first kappa shape index (κ1) is 36.3. The topological polar surface area (TPSA) is 88.2 Å². The van der Waals surface area contributed by atoms with E-state index in [0.29, 0.717) is 52.2 Å². The van der Waals surface area contributed by atoms with Gasteiger partial charge in [-0.2, -0.15) is 0 Å². The molecule has 4 aliphatic rings. The lowest BCUT2D eigenvalue weighted by molar-refractivity contribution is 0.0724. The second-order valence-corrected chi connectivity index (χ2v) is 14.4. The summed E-state index contributed by atoms with van der Waals surface area (Å²) in [5.74, 6) is 4.22. The molecule has 4 heterocycles. The number of carbonyl (C=O) groups is 1. The number of nitrogens with zero attached hydrogens (tertiary/aromatic N) is 2. The molecule has 0 fully saturated rings. The molecule has 5 aromatic carbocycles. The molecule has 284 valence electrons. The third kappa shape index (κ3) is 7.03. The van der Waals surface area contributed by atoms with Gasteiger partial charge in [-0.3, -0.25) is 9.80 Å². The monoisotopic (exact) mass is 742 g/mol. The van der Waals surface area contributed by atoms with Crippen LogP contribution in [-0.2, 0) is 25.7 Å². The number of fused-ring (bicyclic) bond motifs is 2. The lowest BCUT2D eigenvalue weighted by Gasteiger charge is -2.37. The number of likely N-dealkylation sites (N-methyl/N-ethyl adjacent to an activating group) is 2. The van der Waals surface area contributed by atoms with Gasteiger partial charge in [0.25, 0.3) is 0 Å². The standard InChI is InChI=1S/C45H46N2O8/c1-46-19-17-30-24-38(51-5)40-26-34(30)35(46)21-27-7-12-33(13-8-27)53-39-23-28(9-16-37(39)50-4)22-36-42-31(18-20-47(36)2)25-41(52-6)43(44(42)54-40)55-45(48)29-10-14-32(49-3)15-11-29/h7-16,23-26,35-36H,17-22H2,1-6H3/t35-,36-/m0/s1. The molecule has 9 rings (SSSR count). The van der Waals surface area contributed by atoms with Crippen molar-refractivity contribution in [3.8, 4) is 51.7 Å². The molecule has 0 radical (unpaired) electrons. The van der Waals surface area contributed by atoms with Crippen LogP contribution in [0.15, 0.2) is 84.9 Å². The number of esters is 1. The van der Waals surface area contributed by atoms with E-state index in [-0.39, 0.29) is 17.8 Å². The van der Waals surface area contributed by atoms with E-state index in [2.05, 4.69) is 54.2 Å². The van der Waals surface area contributed by atoms with E-state index >= 15 is 0 Å². The molecule has 0 unspecified atom stereocenters. The fraction of sp³-hybridized carbons (Fsp3) is 0.311.